The maximum absolute atomic E-state index is 11.4. The minimum atomic E-state index is -0.111. The van der Waals surface area contributed by atoms with Crippen molar-refractivity contribution in [1.82, 2.24) is 4.98 Å². The van der Waals surface area contributed by atoms with Crippen molar-refractivity contribution < 1.29 is 9.59 Å². The molecule has 0 bridgehead atoms. The molecule has 4 nitrogen and oxygen atoms in total. The number of benzene rings is 2. The Balaban J connectivity index is 2.07. The van der Waals surface area contributed by atoms with E-state index in [-0.39, 0.29) is 5.91 Å². The van der Waals surface area contributed by atoms with Crippen molar-refractivity contribution in [2.45, 2.75) is 13.8 Å². The first-order valence-electron chi connectivity index (χ1n) is 7.31. The first-order chi connectivity index (χ1) is 11.1. The molecule has 0 spiro atoms. The fourth-order valence-electron chi connectivity index (χ4n) is 2.54. The summed E-state index contributed by atoms with van der Waals surface area (Å²) >= 11 is 0. The van der Waals surface area contributed by atoms with Crippen LogP contribution in [0.15, 0.2) is 48.5 Å². The van der Waals surface area contributed by atoms with Crippen molar-refractivity contribution in [3.63, 3.8) is 0 Å². The molecular weight excluding hydrogens is 288 g/mol. The van der Waals surface area contributed by atoms with Gasteiger partial charge in [0.05, 0.1) is 11.2 Å². The average molecular weight is 304 g/mol. The molecule has 0 atom stereocenters. The summed E-state index contributed by atoms with van der Waals surface area (Å²) in [5, 5.41) is 3.59. The Hall–Kier alpha value is -3.01. The normalized spacial score (nSPS) is 10.5. The minimum absolute atomic E-state index is 0.111. The van der Waals surface area contributed by atoms with Gasteiger partial charge in [-0.1, -0.05) is 23.8 Å². The van der Waals surface area contributed by atoms with Crippen LogP contribution >= 0.6 is 0 Å². The number of hydrogen-bond acceptors (Lipinski definition) is 3. The Kier molecular flexibility index (Phi) is 3.89. The molecule has 0 unspecified atom stereocenters. The predicted molar refractivity (Wildman–Crippen MR) is 91.6 cm³/mol. The molecule has 0 saturated heterocycles. The quantitative estimate of drug-likeness (QED) is 0.744. The molecule has 114 valence electrons. The highest BCUT2D eigenvalue weighted by atomic mass is 16.1. The van der Waals surface area contributed by atoms with Crippen molar-refractivity contribution in [1.29, 1.82) is 0 Å². The van der Waals surface area contributed by atoms with Crippen molar-refractivity contribution in [3.05, 3.63) is 59.7 Å². The van der Waals surface area contributed by atoms with Gasteiger partial charge in [0.25, 0.3) is 0 Å². The summed E-state index contributed by atoms with van der Waals surface area (Å²) in [6, 6.07) is 15.1. The topological polar surface area (TPSA) is 59.1 Å². The van der Waals surface area contributed by atoms with E-state index < -0.39 is 0 Å². The highest BCUT2D eigenvalue weighted by molar-refractivity contribution is 5.98. The number of fused-ring (bicyclic) bond motifs is 1. The van der Waals surface area contributed by atoms with Crippen LogP contribution in [-0.2, 0) is 4.79 Å². The molecule has 23 heavy (non-hydrogen) atoms. The van der Waals surface area contributed by atoms with Crippen LogP contribution in [0.5, 0.6) is 0 Å². The van der Waals surface area contributed by atoms with Gasteiger partial charge in [0.1, 0.15) is 0 Å². The molecule has 0 aliphatic carbocycles. The van der Waals surface area contributed by atoms with Crippen molar-refractivity contribution in [3.8, 4) is 11.3 Å². The molecule has 1 heterocycles. The van der Waals surface area contributed by atoms with Gasteiger partial charge in [0.2, 0.25) is 5.91 Å². The molecule has 4 heteroatoms. The third-order valence-electron chi connectivity index (χ3n) is 3.62. The fraction of sp³-hybridized carbons (Fsp3) is 0.105. The molecule has 0 saturated carbocycles. The van der Waals surface area contributed by atoms with E-state index in [4.69, 9.17) is 0 Å². The number of amides is 1. The monoisotopic (exact) mass is 304 g/mol. The van der Waals surface area contributed by atoms with Gasteiger partial charge in [-0.15, -0.1) is 0 Å². The maximum atomic E-state index is 11.4. The van der Waals surface area contributed by atoms with Gasteiger partial charge < -0.3 is 5.32 Å². The zero-order valence-corrected chi connectivity index (χ0v) is 13.0. The fourth-order valence-corrected chi connectivity index (χ4v) is 2.54. The second-order valence-electron chi connectivity index (χ2n) is 5.49. The molecule has 1 N–H and O–H groups in total. The van der Waals surface area contributed by atoms with E-state index in [1.54, 1.807) is 6.07 Å². The SMILES string of the molecule is CC(=O)Nc1ccc(-c2cc(C=O)c3cc(C)ccc3n2)cc1. The maximum Gasteiger partial charge on any atom is 0.221 e. The van der Waals surface area contributed by atoms with E-state index >= 15 is 0 Å². The van der Waals surface area contributed by atoms with E-state index in [0.29, 0.717) is 5.56 Å². The molecule has 3 rings (SSSR count). The summed E-state index contributed by atoms with van der Waals surface area (Å²) in [6.45, 7) is 3.46. The summed E-state index contributed by atoms with van der Waals surface area (Å²) in [5.74, 6) is -0.111. The lowest BCUT2D eigenvalue weighted by Crippen LogP contribution is -2.05. The molecular formula is C19H16N2O2. The van der Waals surface area contributed by atoms with Gasteiger partial charge >= 0.3 is 0 Å². The number of carbonyl (C=O) groups excluding carboxylic acids is 2. The number of aldehydes is 1. The Bertz CT molecular complexity index is 899. The van der Waals surface area contributed by atoms with Gasteiger partial charge in [0, 0.05) is 29.1 Å². The second-order valence-corrected chi connectivity index (χ2v) is 5.49. The van der Waals surface area contributed by atoms with E-state index in [1.807, 2.05) is 49.4 Å². The summed E-state index contributed by atoms with van der Waals surface area (Å²) < 4.78 is 0. The van der Waals surface area contributed by atoms with Crippen molar-refractivity contribution in [2.24, 2.45) is 0 Å². The second kappa shape index (κ2) is 6.01. The number of aryl methyl sites for hydroxylation is 1. The van der Waals surface area contributed by atoms with Crippen LogP contribution in [0.1, 0.15) is 22.8 Å². The number of pyridine rings is 1. The molecule has 0 aliphatic rings. The molecule has 0 fully saturated rings. The van der Waals surface area contributed by atoms with Crippen molar-refractivity contribution in [2.75, 3.05) is 5.32 Å². The summed E-state index contributed by atoms with van der Waals surface area (Å²) in [4.78, 5) is 27.1. The van der Waals surface area contributed by atoms with Crippen LogP contribution in [0.4, 0.5) is 5.69 Å². The third-order valence-corrected chi connectivity index (χ3v) is 3.62. The number of rotatable bonds is 3. The lowest BCUT2D eigenvalue weighted by atomic mass is 10.0. The van der Waals surface area contributed by atoms with Gasteiger partial charge in [-0.25, -0.2) is 4.98 Å². The standard InChI is InChI=1S/C19H16N2O2/c1-12-3-8-18-17(9-12)15(11-22)10-19(21-18)14-4-6-16(7-5-14)20-13(2)23/h3-11H,1-2H3,(H,20,23). The highest BCUT2D eigenvalue weighted by Crippen LogP contribution is 2.25. The molecule has 0 aliphatic heterocycles. The summed E-state index contributed by atoms with van der Waals surface area (Å²) in [5.41, 5.74) is 4.87. The van der Waals surface area contributed by atoms with Crippen LogP contribution in [-0.4, -0.2) is 17.2 Å². The first-order valence-corrected chi connectivity index (χ1v) is 7.31. The van der Waals surface area contributed by atoms with Gasteiger partial charge in [-0.05, 0) is 37.3 Å². The molecule has 1 aromatic heterocycles. The minimum Gasteiger partial charge on any atom is -0.326 e. The van der Waals surface area contributed by atoms with Gasteiger partial charge in [-0.3, -0.25) is 9.59 Å². The van der Waals surface area contributed by atoms with E-state index in [0.717, 1.165) is 39.7 Å². The lowest BCUT2D eigenvalue weighted by Gasteiger charge is -2.08. The van der Waals surface area contributed by atoms with Crippen LogP contribution in [0.25, 0.3) is 22.2 Å². The summed E-state index contributed by atoms with van der Waals surface area (Å²) in [7, 11) is 0. The van der Waals surface area contributed by atoms with Crippen LogP contribution in [0.2, 0.25) is 0 Å². The molecule has 1 amide bonds. The first kappa shape index (κ1) is 14.9. The predicted octanol–water partition coefficient (Wildman–Crippen LogP) is 3.98. The van der Waals surface area contributed by atoms with E-state index in [1.165, 1.54) is 6.92 Å². The molecule has 2 aromatic carbocycles. The number of nitrogens with one attached hydrogen (secondary N) is 1. The Morgan fingerprint density at radius 3 is 2.48 bits per heavy atom. The highest BCUT2D eigenvalue weighted by Gasteiger charge is 2.08. The number of carbonyl (C=O) groups is 2. The van der Waals surface area contributed by atoms with E-state index in [2.05, 4.69) is 10.3 Å². The zero-order chi connectivity index (χ0) is 16.4. The number of nitrogens with zero attached hydrogens (tertiary/aromatic N) is 1. The Labute approximate surface area is 134 Å². The van der Waals surface area contributed by atoms with Crippen LogP contribution < -0.4 is 5.32 Å². The van der Waals surface area contributed by atoms with E-state index in [9.17, 15) is 9.59 Å². The van der Waals surface area contributed by atoms with Crippen LogP contribution in [0, 0.1) is 6.92 Å². The Morgan fingerprint density at radius 1 is 1.09 bits per heavy atom. The lowest BCUT2D eigenvalue weighted by molar-refractivity contribution is -0.114. The number of anilines is 1. The molecule has 3 aromatic rings. The third kappa shape index (κ3) is 3.11. The summed E-state index contributed by atoms with van der Waals surface area (Å²) in [6.07, 6.45) is 0.860. The van der Waals surface area contributed by atoms with Crippen LogP contribution in [0.3, 0.4) is 0 Å². The van der Waals surface area contributed by atoms with Gasteiger partial charge in [-0.2, -0.15) is 0 Å². The Morgan fingerprint density at radius 2 is 1.83 bits per heavy atom. The number of hydrogen-bond donors (Lipinski definition) is 1. The zero-order valence-electron chi connectivity index (χ0n) is 13.0. The average Bonchev–Trinajstić information content (AvgIpc) is 2.54. The smallest absolute Gasteiger partial charge is 0.221 e. The molecule has 0 radical (unpaired) electrons. The van der Waals surface area contributed by atoms with Crippen molar-refractivity contribution >= 4 is 28.8 Å². The number of aromatic nitrogens is 1. The largest absolute Gasteiger partial charge is 0.326 e. The van der Waals surface area contributed by atoms with Gasteiger partial charge in [0.15, 0.2) is 6.29 Å².